The standard InChI is InChI=1S/C20H18ClNO2/c1-11-4-2-5-12(8-11)18-15-7-3-6-14(15)16-9-13(20(23)24)10-17(21)19(16)22-18/h2-6,8-10,14-15,18,22H,7H2,1H3,(H,23,24)/t14?,15?,18-/m0/s1. The Morgan fingerprint density at radius 2 is 2.12 bits per heavy atom. The van der Waals surface area contributed by atoms with E-state index in [1.54, 1.807) is 6.07 Å². The Morgan fingerprint density at radius 3 is 2.88 bits per heavy atom. The number of benzene rings is 2. The summed E-state index contributed by atoms with van der Waals surface area (Å²) >= 11 is 6.42. The lowest BCUT2D eigenvalue weighted by Gasteiger charge is -2.38. The van der Waals surface area contributed by atoms with E-state index < -0.39 is 5.97 Å². The normalized spacial score (nSPS) is 24.2. The first-order chi connectivity index (χ1) is 11.5. The molecule has 1 aliphatic heterocycles. The van der Waals surface area contributed by atoms with Gasteiger partial charge in [0.15, 0.2) is 0 Å². The van der Waals surface area contributed by atoms with Gasteiger partial charge in [0.05, 0.1) is 22.3 Å². The van der Waals surface area contributed by atoms with Crippen molar-refractivity contribution in [3.8, 4) is 0 Å². The van der Waals surface area contributed by atoms with Gasteiger partial charge in [-0.05, 0) is 42.5 Å². The van der Waals surface area contributed by atoms with Crippen molar-refractivity contribution in [2.75, 3.05) is 5.32 Å². The summed E-state index contributed by atoms with van der Waals surface area (Å²) in [5.74, 6) is -0.373. The molecular formula is C20H18ClNO2. The van der Waals surface area contributed by atoms with Crippen LogP contribution in [-0.2, 0) is 0 Å². The molecule has 0 radical (unpaired) electrons. The Bertz CT molecular complexity index is 859. The minimum Gasteiger partial charge on any atom is -0.478 e. The molecule has 0 spiro atoms. The number of fused-ring (bicyclic) bond motifs is 3. The molecule has 2 unspecified atom stereocenters. The largest absolute Gasteiger partial charge is 0.478 e. The maximum absolute atomic E-state index is 11.4. The quantitative estimate of drug-likeness (QED) is 0.742. The molecule has 0 fully saturated rings. The molecule has 3 nitrogen and oxygen atoms in total. The third kappa shape index (κ3) is 2.40. The molecule has 0 saturated carbocycles. The Morgan fingerprint density at radius 1 is 1.29 bits per heavy atom. The lowest BCUT2D eigenvalue weighted by molar-refractivity contribution is 0.0696. The summed E-state index contributed by atoms with van der Waals surface area (Å²) in [5.41, 5.74) is 4.57. The molecule has 24 heavy (non-hydrogen) atoms. The Kier molecular flexibility index (Phi) is 3.61. The maximum atomic E-state index is 11.4. The molecule has 2 aliphatic rings. The fourth-order valence-electron chi connectivity index (χ4n) is 3.97. The van der Waals surface area contributed by atoms with Crippen molar-refractivity contribution in [1.82, 2.24) is 0 Å². The Hall–Kier alpha value is -2.26. The SMILES string of the molecule is Cc1cccc([C@@H]2Nc3c(Cl)cc(C(=O)O)cc3C3C=CCC32)c1. The van der Waals surface area contributed by atoms with Gasteiger partial charge in [0.1, 0.15) is 0 Å². The maximum Gasteiger partial charge on any atom is 0.335 e. The van der Waals surface area contributed by atoms with Crippen LogP contribution in [0.25, 0.3) is 0 Å². The highest BCUT2D eigenvalue weighted by atomic mass is 35.5. The molecule has 2 aromatic rings. The number of carboxylic acid groups (broad SMARTS) is 1. The number of hydrogen-bond acceptors (Lipinski definition) is 2. The highest BCUT2D eigenvalue weighted by molar-refractivity contribution is 6.33. The molecule has 3 atom stereocenters. The van der Waals surface area contributed by atoms with E-state index in [2.05, 4.69) is 48.7 Å². The molecule has 4 heteroatoms. The molecule has 4 rings (SSSR count). The van der Waals surface area contributed by atoms with Crippen molar-refractivity contribution in [2.45, 2.75) is 25.3 Å². The van der Waals surface area contributed by atoms with Gasteiger partial charge in [-0.1, -0.05) is 53.6 Å². The first-order valence-electron chi connectivity index (χ1n) is 8.11. The van der Waals surface area contributed by atoms with E-state index >= 15 is 0 Å². The minimum atomic E-state index is -0.945. The molecule has 2 N–H and O–H groups in total. The second-order valence-corrected chi connectivity index (χ2v) is 7.02. The van der Waals surface area contributed by atoms with Crippen LogP contribution >= 0.6 is 11.6 Å². The highest BCUT2D eigenvalue weighted by Crippen LogP contribution is 2.51. The topological polar surface area (TPSA) is 49.3 Å². The van der Waals surface area contributed by atoms with Crippen LogP contribution in [0.3, 0.4) is 0 Å². The summed E-state index contributed by atoms with van der Waals surface area (Å²) in [4.78, 5) is 11.4. The molecule has 0 aromatic heterocycles. The van der Waals surface area contributed by atoms with Crippen molar-refractivity contribution in [1.29, 1.82) is 0 Å². The van der Waals surface area contributed by atoms with Crippen LogP contribution in [0.1, 0.15) is 45.4 Å². The van der Waals surface area contributed by atoms with Gasteiger partial charge in [-0.25, -0.2) is 4.79 Å². The third-order valence-corrected chi connectivity index (χ3v) is 5.37. The fraction of sp³-hybridized carbons (Fsp3) is 0.250. The number of hydrogen-bond donors (Lipinski definition) is 2. The van der Waals surface area contributed by atoms with Crippen LogP contribution in [0, 0.1) is 12.8 Å². The fourth-order valence-corrected chi connectivity index (χ4v) is 4.25. The molecule has 2 aromatic carbocycles. The van der Waals surface area contributed by atoms with Crippen LogP contribution in [0.4, 0.5) is 5.69 Å². The van der Waals surface area contributed by atoms with Crippen molar-refractivity contribution >= 4 is 23.3 Å². The molecule has 0 amide bonds. The summed E-state index contributed by atoms with van der Waals surface area (Å²) in [7, 11) is 0. The molecule has 1 heterocycles. The van der Waals surface area contributed by atoms with Gasteiger partial charge < -0.3 is 10.4 Å². The van der Waals surface area contributed by atoms with Crippen molar-refractivity contribution in [3.63, 3.8) is 0 Å². The lowest BCUT2D eigenvalue weighted by atomic mass is 9.76. The number of nitrogens with one attached hydrogen (secondary N) is 1. The van der Waals surface area contributed by atoms with Crippen LogP contribution in [0.2, 0.25) is 5.02 Å². The van der Waals surface area contributed by atoms with Crippen molar-refractivity contribution in [3.05, 3.63) is 75.8 Å². The van der Waals surface area contributed by atoms with Crippen LogP contribution in [0.5, 0.6) is 0 Å². The average molecular weight is 340 g/mol. The van der Waals surface area contributed by atoms with Gasteiger partial charge >= 0.3 is 5.97 Å². The second kappa shape index (κ2) is 5.67. The predicted molar refractivity (Wildman–Crippen MR) is 95.9 cm³/mol. The number of carboxylic acids is 1. The van der Waals surface area contributed by atoms with Crippen molar-refractivity contribution < 1.29 is 9.90 Å². The van der Waals surface area contributed by atoms with Gasteiger partial charge in [0.25, 0.3) is 0 Å². The van der Waals surface area contributed by atoms with E-state index in [0.29, 0.717) is 10.9 Å². The summed E-state index contributed by atoms with van der Waals surface area (Å²) in [6, 6.07) is 12.0. The molecule has 1 aliphatic carbocycles. The molecule has 0 bridgehead atoms. The second-order valence-electron chi connectivity index (χ2n) is 6.62. The number of carbonyl (C=O) groups is 1. The minimum absolute atomic E-state index is 0.172. The van der Waals surface area contributed by atoms with E-state index in [1.165, 1.54) is 17.2 Å². The van der Waals surface area contributed by atoms with Gasteiger partial charge in [0, 0.05) is 5.92 Å². The first-order valence-corrected chi connectivity index (χ1v) is 8.49. The van der Waals surface area contributed by atoms with Crippen LogP contribution in [0.15, 0.2) is 48.6 Å². The smallest absolute Gasteiger partial charge is 0.335 e. The number of aryl methyl sites for hydroxylation is 1. The first kappa shape index (κ1) is 15.3. The number of rotatable bonds is 2. The molecule has 122 valence electrons. The van der Waals surface area contributed by atoms with E-state index in [9.17, 15) is 9.90 Å². The Labute approximate surface area is 146 Å². The van der Waals surface area contributed by atoms with E-state index in [1.807, 2.05) is 0 Å². The van der Waals surface area contributed by atoms with Crippen LogP contribution < -0.4 is 5.32 Å². The monoisotopic (exact) mass is 339 g/mol. The van der Waals surface area contributed by atoms with Crippen molar-refractivity contribution in [2.24, 2.45) is 5.92 Å². The molecular weight excluding hydrogens is 322 g/mol. The predicted octanol–water partition coefficient (Wildman–Crippen LogP) is 5.17. The van der Waals surface area contributed by atoms with E-state index in [-0.39, 0.29) is 17.5 Å². The molecule has 0 saturated heterocycles. The summed E-state index contributed by atoms with van der Waals surface area (Å²) < 4.78 is 0. The van der Waals surface area contributed by atoms with Crippen LogP contribution in [-0.4, -0.2) is 11.1 Å². The number of anilines is 1. The van der Waals surface area contributed by atoms with E-state index in [0.717, 1.165) is 17.7 Å². The van der Waals surface area contributed by atoms with Gasteiger partial charge in [-0.15, -0.1) is 0 Å². The third-order valence-electron chi connectivity index (χ3n) is 5.07. The zero-order valence-electron chi connectivity index (χ0n) is 13.3. The zero-order valence-corrected chi connectivity index (χ0v) is 14.0. The lowest BCUT2D eigenvalue weighted by Crippen LogP contribution is -2.29. The number of allylic oxidation sites excluding steroid dienone is 2. The van der Waals surface area contributed by atoms with Gasteiger partial charge in [0.2, 0.25) is 0 Å². The summed E-state index contributed by atoms with van der Waals surface area (Å²) in [6.45, 7) is 2.09. The van der Waals surface area contributed by atoms with Gasteiger partial charge in [-0.2, -0.15) is 0 Å². The number of aromatic carboxylic acids is 1. The summed E-state index contributed by atoms with van der Waals surface area (Å²) in [5, 5.41) is 13.4. The number of halogens is 1. The van der Waals surface area contributed by atoms with Gasteiger partial charge in [-0.3, -0.25) is 0 Å². The summed E-state index contributed by atoms with van der Waals surface area (Å²) in [6.07, 6.45) is 5.36. The highest BCUT2D eigenvalue weighted by Gasteiger charge is 2.39. The Balaban J connectivity index is 1.83. The zero-order chi connectivity index (χ0) is 16.8. The average Bonchev–Trinajstić information content (AvgIpc) is 3.04. The van der Waals surface area contributed by atoms with E-state index in [4.69, 9.17) is 11.6 Å².